The van der Waals surface area contributed by atoms with E-state index in [2.05, 4.69) is 45.3 Å². The second-order valence-electron chi connectivity index (χ2n) is 13.0. The van der Waals surface area contributed by atoms with Crippen LogP contribution in [0.25, 0.3) is 32.8 Å². The molecule has 9 nitrogen and oxygen atoms in total. The summed E-state index contributed by atoms with van der Waals surface area (Å²) in [4.78, 5) is 16.3. The molecule has 0 unspecified atom stereocenters. The van der Waals surface area contributed by atoms with Gasteiger partial charge in [-0.2, -0.15) is 5.10 Å². The maximum Gasteiger partial charge on any atom is 0.355 e. The zero-order chi connectivity index (χ0) is 34.5. The van der Waals surface area contributed by atoms with Crippen LogP contribution >= 0.6 is 11.6 Å². The Kier molecular flexibility index (Phi) is 11.0. The van der Waals surface area contributed by atoms with Crippen molar-refractivity contribution in [1.29, 1.82) is 0 Å². The SMILES string of the molecule is CCOC(=O)c1c(CCCOc2cccc3ccccc23)c2ccc(Cl)c3c2n1CCCCOCc1c-3c(CC)nn1CCN1CCOCC1. The molecular weight excluding hydrogens is 652 g/mol. The zero-order valence-corrected chi connectivity index (χ0v) is 30.0. The van der Waals surface area contributed by atoms with E-state index in [0.29, 0.717) is 50.1 Å². The van der Waals surface area contributed by atoms with Gasteiger partial charge in [-0.15, -0.1) is 0 Å². The minimum absolute atomic E-state index is 0.297. The lowest BCUT2D eigenvalue weighted by atomic mass is 9.97. The second kappa shape index (κ2) is 16.0. The van der Waals surface area contributed by atoms with E-state index in [1.807, 2.05) is 37.3 Å². The quantitative estimate of drug-likeness (QED) is 0.103. The summed E-state index contributed by atoms with van der Waals surface area (Å²) in [6.07, 6.45) is 3.84. The third-order valence-corrected chi connectivity index (χ3v) is 10.2. The van der Waals surface area contributed by atoms with Gasteiger partial charge in [0.15, 0.2) is 0 Å². The summed E-state index contributed by atoms with van der Waals surface area (Å²) in [5, 5.41) is 9.07. The van der Waals surface area contributed by atoms with Crippen molar-refractivity contribution in [3.05, 3.63) is 82.3 Å². The molecule has 0 amide bonds. The van der Waals surface area contributed by atoms with Gasteiger partial charge in [0.1, 0.15) is 11.4 Å². The van der Waals surface area contributed by atoms with Crippen molar-refractivity contribution in [1.82, 2.24) is 19.2 Å². The molecule has 264 valence electrons. The molecule has 2 aliphatic rings. The molecule has 10 heteroatoms. The van der Waals surface area contributed by atoms with Crippen molar-refractivity contribution in [3.8, 4) is 16.9 Å². The van der Waals surface area contributed by atoms with E-state index in [1.54, 1.807) is 0 Å². The summed E-state index contributed by atoms with van der Waals surface area (Å²) in [6, 6.07) is 18.5. The van der Waals surface area contributed by atoms with Gasteiger partial charge in [0.25, 0.3) is 0 Å². The lowest BCUT2D eigenvalue weighted by Gasteiger charge is -2.26. The largest absolute Gasteiger partial charge is 0.493 e. The number of benzene rings is 3. The number of fused-ring (bicyclic) bond motifs is 3. The predicted octanol–water partition coefficient (Wildman–Crippen LogP) is 7.70. The maximum absolute atomic E-state index is 13.9. The van der Waals surface area contributed by atoms with Gasteiger partial charge in [-0.05, 0) is 62.1 Å². The maximum atomic E-state index is 13.9. The molecule has 0 saturated carbocycles. The van der Waals surface area contributed by atoms with Crippen molar-refractivity contribution in [2.45, 2.75) is 65.6 Å². The summed E-state index contributed by atoms with van der Waals surface area (Å²) < 4.78 is 28.3. The van der Waals surface area contributed by atoms with Crippen LogP contribution in [-0.4, -0.2) is 77.9 Å². The van der Waals surface area contributed by atoms with Crippen LogP contribution in [0.4, 0.5) is 0 Å². The van der Waals surface area contributed by atoms with E-state index in [0.717, 1.165) is 121 Å². The number of nitrogens with zero attached hydrogens (tertiary/aromatic N) is 4. The number of hydrogen-bond donors (Lipinski definition) is 0. The van der Waals surface area contributed by atoms with Crippen LogP contribution in [-0.2, 0) is 46.7 Å². The topological polar surface area (TPSA) is 80.0 Å². The molecule has 1 fully saturated rings. The highest BCUT2D eigenvalue weighted by molar-refractivity contribution is 6.35. The molecule has 0 bridgehead atoms. The van der Waals surface area contributed by atoms with Crippen LogP contribution in [0.5, 0.6) is 5.75 Å². The molecule has 0 atom stereocenters. The zero-order valence-electron chi connectivity index (χ0n) is 29.2. The first-order valence-electron chi connectivity index (χ1n) is 18.2. The number of aromatic nitrogens is 3. The summed E-state index contributed by atoms with van der Waals surface area (Å²) in [7, 11) is 0. The highest BCUT2D eigenvalue weighted by atomic mass is 35.5. The number of aryl methyl sites for hydroxylation is 3. The monoisotopic (exact) mass is 698 g/mol. The van der Waals surface area contributed by atoms with Crippen LogP contribution in [0.2, 0.25) is 5.02 Å². The van der Waals surface area contributed by atoms with Gasteiger partial charge in [-0.25, -0.2) is 4.79 Å². The Morgan fingerprint density at radius 3 is 2.58 bits per heavy atom. The normalized spacial score (nSPS) is 15.6. The van der Waals surface area contributed by atoms with E-state index >= 15 is 0 Å². The average Bonchev–Trinajstić information content (AvgIpc) is 3.64. The van der Waals surface area contributed by atoms with Crippen molar-refractivity contribution in [2.75, 3.05) is 52.7 Å². The first kappa shape index (κ1) is 34.6. The molecule has 50 heavy (non-hydrogen) atoms. The average molecular weight is 699 g/mol. The van der Waals surface area contributed by atoms with Crippen molar-refractivity contribution < 1.29 is 23.7 Å². The Labute approximate surface area is 299 Å². The fourth-order valence-electron chi connectivity index (χ4n) is 7.52. The fraction of sp³-hybridized carbons (Fsp3) is 0.450. The molecule has 0 N–H and O–H groups in total. The van der Waals surface area contributed by atoms with Gasteiger partial charge < -0.3 is 23.5 Å². The molecule has 0 aliphatic carbocycles. The number of carbonyl (C=O) groups is 1. The van der Waals surface area contributed by atoms with Gasteiger partial charge in [0.05, 0.1) is 61.5 Å². The molecule has 0 radical (unpaired) electrons. The molecular formula is C40H47ClN4O5. The Bertz CT molecular complexity index is 1960. The van der Waals surface area contributed by atoms with E-state index in [4.69, 9.17) is 35.6 Å². The Morgan fingerprint density at radius 2 is 1.74 bits per heavy atom. The standard InChI is InChI=1S/C40H47ClN4O5/c1-3-33-37-34(45(42-33)20-19-43-21-25-47-26-22-43)27-48-23-8-7-18-44-38-31(16-17-32(41)36(37)38)30(39(44)40(46)49-4-2)14-10-24-50-35-15-9-12-28-11-5-6-13-29(28)35/h5-6,9,11-13,15-17H,3-4,7-8,10,14,18-27H2,1-2H3. The predicted molar refractivity (Wildman–Crippen MR) is 197 cm³/mol. The van der Waals surface area contributed by atoms with Gasteiger partial charge in [-0.3, -0.25) is 9.58 Å². The Morgan fingerprint density at radius 1 is 0.900 bits per heavy atom. The fourth-order valence-corrected chi connectivity index (χ4v) is 7.76. The molecule has 0 spiro atoms. The first-order valence-corrected chi connectivity index (χ1v) is 18.5. The highest BCUT2D eigenvalue weighted by Crippen LogP contribution is 2.43. The lowest BCUT2D eigenvalue weighted by Crippen LogP contribution is -2.38. The minimum Gasteiger partial charge on any atom is -0.493 e. The smallest absolute Gasteiger partial charge is 0.355 e. The van der Waals surface area contributed by atoms with Crippen molar-refractivity contribution in [2.24, 2.45) is 0 Å². The van der Waals surface area contributed by atoms with E-state index in [-0.39, 0.29) is 5.97 Å². The molecule has 7 rings (SSSR count). The highest BCUT2D eigenvalue weighted by Gasteiger charge is 2.30. The summed E-state index contributed by atoms with van der Waals surface area (Å²) in [5.74, 6) is 0.561. The van der Waals surface area contributed by atoms with E-state index < -0.39 is 0 Å². The van der Waals surface area contributed by atoms with Crippen LogP contribution < -0.4 is 4.74 Å². The van der Waals surface area contributed by atoms with E-state index in [9.17, 15) is 4.79 Å². The molecule has 1 saturated heterocycles. The number of halogens is 1. The summed E-state index contributed by atoms with van der Waals surface area (Å²) in [6.45, 7) is 11.5. The van der Waals surface area contributed by atoms with Gasteiger partial charge in [0, 0.05) is 54.7 Å². The Balaban J connectivity index is 1.30. The minimum atomic E-state index is -0.306. The number of hydrogen-bond acceptors (Lipinski definition) is 7. The first-order chi connectivity index (χ1) is 24.6. The van der Waals surface area contributed by atoms with Crippen molar-refractivity contribution >= 4 is 39.2 Å². The van der Waals surface area contributed by atoms with Crippen LogP contribution in [0.3, 0.4) is 0 Å². The molecule has 2 aromatic heterocycles. The molecule has 5 aromatic rings. The van der Waals surface area contributed by atoms with Gasteiger partial charge in [0.2, 0.25) is 0 Å². The van der Waals surface area contributed by atoms with Gasteiger partial charge in [-0.1, -0.05) is 61.0 Å². The molecule has 3 aromatic carbocycles. The summed E-state index contributed by atoms with van der Waals surface area (Å²) >= 11 is 7.23. The van der Waals surface area contributed by atoms with Crippen LogP contribution in [0.15, 0.2) is 54.6 Å². The number of carbonyl (C=O) groups excluding carboxylic acids is 1. The number of rotatable bonds is 11. The second-order valence-corrected chi connectivity index (χ2v) is 13.4. The molecule has 2 aliphatic heterocycles. The number of ether oxygens (including phenoxy) is 4. The van der Waals surface area contributed by atoms with Crippen LogP contribution in [0, 0.1) is 0 Å². The third kappa shape index (κ3) is 7.01. The Hall–Kier alpha value is -3.89. The third-order valence-electron chi connectivity index (χ3n) is 9.93. The van der Waals surface area contributed by atoms with E-state index in [1.165, 1.54) is 0 Å². The van der Waals surface area contributed by atoms with Gasteiger partial charge >= 0.3 is 5.97 Å². The van der Waals surface area contributed by atoms with Crippen molar-refractivity contribution in [3.63, 3.8) is 0 Å². The molecule has 4 heterocycles. The van der Waals surface area contributed by atoms with Crippen LogP contribution in [0.1, 0.15) is 60.5 Å². The number of esters is 1. The number of morpholine rings is 1. The summed E-state index contributed by atoms with van der Waals surface area (Å²) in [5.41, 5.74) is 6.50. The lowest BCUT2D eigenvalue weighted by molar-refractivity contribution is 0.0354.